The van der Waals surface area contributed by atoms with Crippen molar-refractivity contribution in [1.82, 2.24) is 0 Å². The molecule has 0 radical (unpaired) electrons. The standard InChI is InChI=1S/C24H30O6/c1-26-18-21-22(28-16-19-10-4-2-5-11-19)23(24(30-21)27-15-9-8-14-25)29-17-20-12-6-3-7-13-20/h2-7,10-14,21-24H,8-9,15-18H2,1H3. The Balaban J connectivity index is 1.69. The van der Waals surface area contributed by atoms with Crippen molar-refractivity contribution in [2.75, 3.05) is 20.3 Å². The maximum atomic E-state index is 10.6. The molecule has 4 unspecified atom stereocenters. The Morgan fingerprint density at radius 2 is 1.47 bits per heavy atom. The first-order valence-corrected chi connectivity index (χ1v) is 10.3. The first-order valence-electron chi connectivity index (χ1n) is 10.3. The Hall–Kier alpha value is -2.09. The van der Waals surface area contributed by atoms with Crippen LogP contribution in [0.2, 0.25) is 0 Å². The summed E-state index contributed by atoms with van der Waals surface area (Å²) in [6.45, 7) is 1.66. The Kier molecular flexibility index (Phi) is 9.47. The van der Waals surface area contributed by atoms with E-state index in [-0.39, 0.29) is 12.2 Å². The molecule has 0 saturated carbocycles. The van der Waals surface area contributed by atoms with Gasteiger partial charge in [0.05, 0.1) is 26.4 Å². The Morgan fingerprint density at radius 3 is 2.03 bits per heavy atom. The normalized spacial score (nSPS) is 23.5. The van der Waals surface area contributed by atoms with Crippen LogP contribution < -0.4 is 0 Å². The number of methoxy groups -OCH3 is 1. The molecular formula is C24H30O6. The number of unbranched alkanes of at least 4 members (excludes halogenated alkanes) is 1. The molecule has 1 heterocycles. The highest BCUT2D eigenvalue weighted by molar-refractivity contribution is 5.48. The summed E-state index contributed by atoms with van der Waals surface area (Å²) in [5.41, 5.74) is 2.14. The molecule has 0 bridgehead atoms. The van der Waals surface area contributed by atoms with Crippen molar-refractivity contribution < 1.29 is 28.5 Å². The molecule has 1 aliphatic heterocycles. The van der Waals surface area contributed by atoms with Crippen LogP contribution >= 0.6 is 0 Å². The van der Waals surface area contributed by atoms with Gasteiger partial charge in [0.25, 0.3) is 0 Å². The van der Waals surface area contributed by atoms with Gasteiger partial charge in [-0.2, -0.15) is 0 Å². The molecule has 1 fully saturated rings. The zero-order chi connectivity index (χ0) is 21.0. The van der Waals surface area contributed by atoms with Gasteiger partial charge in [0.1, 0.15) is 24.6 Å². The minimum absolute atomic E-state index is 0.310. The van der Waals surface area contributed by atoms with E-state index >= 15 is 0 Å². The quantitative estimate of drug-likeness (QED) is 0.369. The summed E-state index contributed by atoms with van der Waals surface area (Å²) in [4.78, 5) is 10.6. The number of hydrogen-bond donors (Lipinski definition) is 0. The summed E-state index contributed by atoms with van der Waals surface area (Å²) in [7, 11) is 1.63. The van der Waals surface area contributed by atoms with E-state index in [1.807, 2.05) is 60.7 Å². The fraction of sp³-hybridized carbons (Fsp3) is 0.458. The van der Waals surface area contributed by atoms with Crippen LogP contribution in [-0.2, 0) is 41.7 Å². The predicted octanol–water partition coefficient (Wildman–Crippen LogP) is 3.52. The van der Waals surface area contributed by atoms with Crippen molar-refractivity contribution in [3.63, 3.8) is 0 Å². The van der Waals surface area contributed by atoms with Gasteiger partial charge in [0, 0.05) is 13.5 Å². The van der Waals surface area contributed by atoms with E-state index < -0.39 is 12.4 Å². The fourth-order valence-electron chi connectivity index (χ4n) is 3.40. The average molecular weight is 414 g/mol. The highest BCUT2D eigenvalue weighted by atomic mass is 16.7. The van der Waals surface area contributed by atoms with Crippen molar-refractivity contribution in [3.8, 4) is 0 Å². The minimum Gasteiger partial charge on any atom is -0.382 e. The van der Waals surface area contributed by atoms with E-state index in [4.69, 9.17) is 23.7 Å². The average Bonchev–Trinajstić information content (AvgIpc) is 3.11. The predicted molar refractivity (Wildman–Crippen MR) is 112 cm³/mol. The van der Waals surface area contributed by atoms with Crippen molar-refractivity contribution in [3.05, 3.63) is 71.8 Å². The van der Waals surface area contributed by atoms with E-state index in [1.54, 1.807) is 7.11 Å². The molecule has 0 aromatic heterocycles. The van der Waals surface area contributed by atoms with Crippen LogP contribution in [0.15, 0.2) is 60.7 Å². The second kappa shape index (κ2) is 12.6. The maximum Gasteiger partial charge on any atom is 0.186 e. The number of rotatable bonds is 13. The molecule has 6 heteroatoms. The first-order chi connectivity index (χ1) is 14.8. The largest absolute Gasteiger partial charge is 0.382 e. The van der Waals surface area contributed by atoms with E-state index in [1.165, 1.54) is 0 Å². The smallest absolute Gasteiger partial charge is 0.186 e. The molecular weight excluding hydrogens is 384 g/mol. The van der Waals surface area contributed by atoms with Crippen molar-refractivity contribution >= 4 is 6.29 Å². The van der Waals surface area contributed by atoms with Crippen LogP contribution in [0.25, 0.3) is 0 Å². The van der Waals surface area contributed by atoms with Crippen molar-refractivity contribution in [2.24, 2.45) is 0 Å². The molecule has 162 valence electrons. The Morgan fingerprint density at radius 1 is 0.867 bits per heavy atom. The van der Waals surface area contributed by atoms with Gasteiger partial charge >= 0.3 is 0 Å². The van der Waals surface area contributed by atoms with Crippen LogP contribution in [0, 0.1) is 0 Å². The molecule has 3 rings (SSSR count). The van der Waals surface area contributed by atoms with Gasteiger partial charge < -0.3 is 28.5 Å². The summed E-state index contributed by atoms with van der Waals surface area (Å²) >= 11 is 0. The summed E-state index contributed by atoms with van der Waals surface area (Å²) in [5, 5.41) is 0. The third-order valence-electron chi connectivity index (χ3n) is 4.92. The molecule has 1 saturated heterocycles. The third kappa shape index (κ3) is 6.72. The molecule has 0 spiro atoms. The van der Waals surface area contributed by atoms with Gasteiger partial charge in [0.2, 0.25) is 0 Å². The van der Waals surface area contributed by atoms with Gasteiger partial charge in [-0.05, 0) is 17.5 Å². The number of benzene rings is 2. The van der Waals surface area contributed by atoms with Crippen LogP contribution in [0.3, 0.4) is 0 Å². The lowest BCUT2D eigenvalue weighted by molar-refractivity contribution is -0.184. The lowest BCUT2D eigenvalue weighted by atomic mass is 10.1. The van der Waals surface area contributed by atoms with Crippen LogP contribution in [0.4, 0.5) is 0 Å². The number of carbonyl (C=O) groups is 1. The summed E-state index contributed by atoms with van der Waals surface area (Å²) < 4.78 is 29.9. The zero-order valence-electron chi connectivity index (χ0n) is 17.4. The Bertz CT molecular complexity index is 723. The monoisotopic (exact) mass is 414 g/mol. The van der Waals surface area contributed by atoms with Gasteiger partial charge in [-0.1, -0.05) is 60.7 Å². The zero-order valence-corrected chi connectivity index (χ0v) is 17.4. The van der Waals surface area contributed by atoms with Gasteiger partial charge in [-0.3, -0.25) is 0 Å². The van der Waals surface area contributed by atoms with Crippen LogP contribution in [0.1, 0.15) is 24.0 Å². The molecule has 2 aromatic carbocycles. The first kappa shape index (κ1) is 22.6. The van der Waals surface area contributed by atoms with Gasteiger partial charge in [0.15, 0.2) is 6.29 Å². The number of hydrogen-bond acceptors (Lipinski definition) is 6. The van der Waals surface area contributed by atoms with Crippen molar-refractivity contribution in [2.45, 2.75) is 50.7 Å². The maximum absolute atomic E-state index is 10.6. The third-order valence-corrected chi connectivity index (χ3v) is 4.92. The number of ether oxygens (including phenoxy) is 5. The molecule has 0 N–H and O–H groups in total. The van der Waals surface area contributed by atoms with Gasteiger partial charge in [-0.25, -0.2) is 0 Å². The number of carbonyl (C=O) groups excluding carboxylic acids is 1. The minimum atomic E-state index is -0.582. The highest BCUT2D eigenvalue weighted by Gasteiger charge is 2.47. The lowest BCUT2D eigenvalue weighted by Gasteiger charge is -2.25. The van der Waals surface area contributed by atoms with E-state index in [2.05, 4.69) is 0 Å². The van der Waals surface area contributed by atoms with Gasteiger partial charge in [-0.15, -0.1) is 0 Å². The van der Waals surface area contributed by atoms with E-state index in [9.17, 15) is 4.79 Å². The fourth-order valence-corrected chi connectivity index (χ4v) is 3.40. The van der Waals surface area contributed by atoms with E-state index in [0.29, 0.717) is 39.3 Å². The summed E-state index contributed by atoms with van der Waals surface area (Å²) in [6, 6.07) is 20.0. The topological polar surface area (TPSA) is 63.2 Å². The number of aldehydes is 1. The molecule has 0 aliphatic carbocycles. The lowest BCUT2D eigenvalue weighted by Crippen LogP contribution is -2.39. The molecule has 6 nitrogen and oxygen atoms in total. The SMILES string of the molecule is COCC1OC(OCCCC=O)C(OCc2ccccc2)C1OCc1ccccc1. The van der Waals surface area contributed by atoms with E-state index in [0.717, 1.165) is 17.4 Å². The highest BCUT2D eigenvalue weighted by Crippen LogP contribution is 2.29. The summed E-state index contributed by atoms with van der Waals surface area (Å²) in [5.74, 6) is 0. The van der Waals surface area contributed by atoms with Crippen LogP contribution in [0.5, 0.6) is 0 Å². The molecule has 30 heavy (non-hydrogen) atoms. The van der Waals surface area contributed by atoms with Crippen molar-refractivity contribution in [1.29, 1.82) is 0 Å². The van der Waals surface area contributed by atoms with Crippen LogP contribution in [-0.4, -0.2) is 51.2 Å². The second-order valence-electron chi connectivity index (χ2n) is 7.20. The molecule has 1 aliphatic rings. The molecule has 4 atom stereocenters. The summed E-state index contributed by atoms with van der Waals surface area (Å²) in [6.07, 6.45) is 0.339. The molecule has 2 aromatic rings. The Labute approximate surface area is 178 Å². The second-order valence-corrected chi connectivity index (χ2v) is 7.20. The molecule has 0 amide bonds.